The van der Waals surface area contributed by atoms with Crippen molar-refractivity contribution in [1.29, 1.82) is 0 Å². The topological polar surface area (TPSA) is 12.0 Å². The van der Waals surface area contributed by atoms with Crippen LogP contribution in [0.5, 0.6) is 0 Å². The zero-order valence-corrected chi connectivity index (χ0v) is 18.6. The van der Waals surface area contributed by atoms with E-state index in [4.69, 9.17) is 0 Å². The van der Waals surface area contributed by atoms with E-state index in [1.165, 1.54) is 31.7 Å². The van der Waals surface area contributed by atoms with Crippen molar-refractivity contribution in [2.75, 3.05) is 5.32 Å². The van der Waals surface area contributed by atoms with E-state index in [1.54, 1.807) is 17.4 Å². The van der Waals surface area contributed by atoms with Crippen LogP contribution in [-0.2, 0) is 0 Å². The Bertz CT molecular complexity index is 986. The lowest BCUT2D eigenvalue weighted by atomic mass is 10.0. The minimum atomic E-state index is 1.09. The van der Waals surface area contributed by atoms with Gasteiger partial charge in [-0.3, -0.25) is 0 Å². The summed E-state index contributed by atoms with van der Waals surface area (Å²) >= 11 is 1.79. The first-order chi connectivity index (χ1) is 14.0. The molecule has 1 aromatic heterocycles. The molecule has 3 rings (SSSR count). The molecule has 1 heterocycles. The third-order valence-corrected chi connectivity index (χ3v) is 5.18. The zero-order chi connectivity index (χ0) is 21.8. The van der Waals surface area contributed by atoms with Crippen molar-refractivity contribution in [3.63, 3.8) is 0 Å². The number of hydrogen-bond donors (Lipinski definition) is 1. The first-order valence-corrected chi connectivity index (χ1v) is 10.3. The monoisotopic (exact) mass is 401 g/mol. The Balaban J connectivity index is 0.000000771. The number of rotatable bonds is 5. The molecule has 1 N–H and O–H groups in total. The van der Waals surface area contributed by atoms with Gasteiger partial charge >= 0.3 is 0 Å². The fourth-order valence-corrected chi connectivity index (χ4v) is 4.20. The van der Waals surface area contributed by atoms with Crippen molar-refractivity contribution < 1.29 is 0 Å². The molecule has 0 fully saturated rings. The molecule has 0 spiro atoms. The van der Waals surface area contributed by atoms with Crippen LogP contribution in [0.3, 0.4) is 0 Å². The summed E-state index contributed by atoms with van der Waals surface area (Å²) in [6.45, 7) is 23.5. The maximum Gasteiger partial charge on any atom is 0.0426 e. The molecule has 0 unspecified atom stereocenters. The largest absolute Gasteiger partial charge is 0.355 e. The molecule has 0 atom stereocenters. The highest BCUT2D eigenvalue weighted by Crippen LogP contribution is 2.39. The first kappa shape index (κ1) is 23.9. The van der Waals surface area contributed by atoms with Gasteiger partial charge in [-0.1, -0.05) is 61.2 Å². The Hall–Kier alpha value is -3.10. The van der Waals surface area contributed by atoms with Crippen LogP contribution in [0.1, 0.15) is 31.2 Å². The molecule has 2 heteroatoms. The minimum absolute atomic E-state index is 1.09. The Labute approximate surface area is 180 Å². The molecule has 3 aromatic rings. The lowest BCUT2D eigenvalue weighted by Crippen LogP contribution is -1.88. The second-order valence-electron chi connectivity index (χ2n) is 6.28. The van der Waals surface area contributed by atoms with Gasteiger partial charge in [-0.2, -0.15) is 0 Å². The highest BCUT2D eigenvalue weighted by molar-refractivity contribution is 7.20. The van der Waals surface area contributed by atoms with Crippen LogP contribution >= 0.6 is 11.3 Å². The van der Waals surface area contributed by atoms with E-state index < -0.39 is 0 Å². The molecule has 0 bridgehead atoms. The summed E-state index contributed by atoms with van der Waals surface area (Å²) in [5.41, 5.74) is 5.84. The number of allylic oxidation sites excluding steroid dienone is 4. The van der Waals surface area contributed by atoms with Crippen LogP contribution < -0.4 is 5.32 Å². The Morgan fingerprint density at radius 1 is 0.931 bits per heavy atom. The maximum absolute atomic E-state index is 4.01. The summed E-state index contributed by atoms with van der Waals surface area (Å²) in [7, 11) is 0. The molecule has 0 saturated heterocycles. The summed E-state index contributed by atoms with van der Waals surface area (Å²) < 4.78 is 1.25. The number of nitrogens with one attached hydrogen (secondary N) is 1. The number of fused-ring (bicyclic) bond motifs is 1. The van der Waals surface area contributed by atoms with Crippen LogP contribution in [0.15, 0.2) is 99.2 Å². The average Bonchev–Trinajstić information content (AvgIpc) is 3.08. The van der Waals surface area contributed by atoms with Crippen LogP contribution in [0.25, 0.3) is 21.7 Å². The molecule has 150 valence electrons. The van der Waals surface area contributed by atoms with Crippen molar-refractivity contribution in [3.8, 4) is 0 Å². The van der Waals surface area contributed by atoms with E-state index in [0.717, 1.165) is 11.4 Å². The van der Waals surface area contributed by atoms with Crippen LogP contribution in [-0.4, -0.2) is 0 Å². The molecule has 0 aliphatic carbocycles. The summed E-state index contributed by atoms with van der Waals surface area (Å²) in [5.74, 6) is 0. The SMILES string of the molecule is C=C.C=CC.C=CC(=C(C)C)c1sc2cc(Nc3ccccc3)ccc2c1C=C. The Morgan fingerprint density at radius 3 is 2.07 bits per heavy atom. The maximum atomic E-state index is 4.01. The predicted molar refractivity (Wildman–Crippen MR) is 137 cm³/mol. The van der Waals surface area contributed by atoms with E-state index in [9.17, 15) is 0 Å². The van der Waals surface area contributed by atoms with Gasteiger partial charge < -0.3 is 5.32 Å². The fourth-order valence-electron chi connectivity index (χ4n) is 2.81. The van der Waals surface area contributed by atoms with Crippen molar-refractivity contribution >= 4 is 44.4 Å². The average molecular weight is 402 g/mol. The number of anilines is 2. The first-order valence-electron chi connectivity index (χ1n) is 9.44. The number of thiophene rings is 1. The molecular weight excluding hydrogens is 370 g/mol. The van der Waals surface area contributed by atoms with Gasteiger partial charge in [-0.25, -0.2) is 0 Å². The third kappa shape index (κ3) is 6.20. The zero-order valence-electron chi connectivity index (χ0n) is 17.8. The minimum Gasteiger partial charge on any atom is -0.355 e. The highest BCUT2D eigenvalue weighted by Gasteiger charge is 2.13. The standard InChI is InChI=1S/C22H21NS.C3H6.C2H4/c1-5-18(15(3)4)22-19(6-2)20-13-12-17(14-21(20)24-22)23-16-10-8-7-9-11-16;1-3-2;1-2/h5-14,23H,1-2H2,3-4H3;3H,1H2,2H3;1-2H2. The summed E-state index contributed by atoms with van der Waals surface area (Å²) in [4.78, 5) is 1.24. The van der Waals surface area contributed by atoms with E-state index in [0.29, 0.717) is 0 Å². The van der Waals surface area contributed by atoms with Gasteiger partial charge in [-0.05, 0) is 50.6 Å². The molecule has 0 aliphatic rings. The Morgan fingerprint density at radius 2 is 1.55 bits per heavy atom. The molecule has 0 amide bonds. The van der Waals surface area contributed by atoms with Gasteiger partial charge in [0.15, 0.2) is 0 Å². The van der Waals surface area contributed by atoms with Crippen molar-refractivity contribution in [2.45, 2.75) is 20.8 Å². The molecule has 0 aliphatic heterocycles. The second-order valence-corrected chi connectivity index (χ2v) is 7.33. The summed E-state index contributed by atoms with van der Waals surface area (Å²) in [6, 6.07) is 16.7. The predicted octanol–water partition coefficient (Wildman–Crippen LogP) is 9.26. The fraction of sp³-hybridized carbons (Fsp3) is 0.111. The van der Waals surface area contributed by atoms with Gasteiger partial charge in [0.05, 0.1) is 0 Å². The van der Waals surface area contributed by atoms with Gasteiger partial charge in [0.25, 0.3) is 0 Å². The Kier molecular flexibility index (Phi) is 10.2. The molecular formula is C27H31NS. The van der Waals surface area contributed by atoms with E-state index in [-0.39, 0.29) is 0 Å². The molecule has 29 heavy (non-hydrogen) atoms. The highest BCUT2D eigenvalue weighted by atomic mass is 32.1. The lowest BCUT2D eigenvalue weighted by molar-refractivity contribution is 1.40. The molecule has 0 radical (unpaired) electrons. The van der Waals surface area contributed by atoms with Gasteiger partial charge in [0, 0.05) is 31.9 Å². The summed E-state index contributed by atoms with van der Waals surface area (Å²) in [5, 5.41) is 4.70. The van der Waals surface area contributed by atoms with Crippen LogP contribution in [0.2, 0.25) is 0 Å². The summed E-state index contributed by atoms with van der Waals surface area (Å²) in [6.07, 6.45) is 5.64. The quantitative estimate of drug-likeness (QED) is 0.332. The van der Waals surface area contributed by atoms with Gasteiger partial charge in [0.1, 0.15) is 0 Å². The number of benzene rings is 2. The molecule has 2 aromatic carbocycles. The van der Waals surface area contributed by atoms with Crippen LogP contribution in [0.4, 0.5) is 11.4 Å². The van der Waals surface area contributed by atoms with Crippen molar-refractivity contribution in [2.24, 2.45) is 0 Å². The second kappa shape index (κ2) is 12.4. The smallest absolute Gasteiger partial charge is 0.0426 e. The molecule has 1 nitrogen and oxygen atoms in total. The van der Waals surface area contributed by atoms with Crippen LogP contribution in [0, 0.1) is 0 Å². The third-order valence-electron chi connectivity index (χ3n) is 3.98. The van der Waals surface area contributed by atoms with E-state index >= 15 is 0 Å². The lowest BCUT2D eigenvalue weighted by Gasteiger charge is -2.06. The number of para-hydroxylation sites is 1. The van der Waals surface area contributed by atoms with E-state index in [2.05, 4.69) is 82.4 Å². The van der Waals surface area contributed by atoms with E-state index in [1.807, 2.05) is 37.3 Å². The molecule has 0 saturated carbocycles. The van der Waals surface area contributed by atoms with Gasteiger partial charge in [0.2, 0.25) is 0 Å². The van der Waals surface area contributed by atoms with Crippen molar-refractivity contribution in [3.05, 3.63) is 110 Å². The van der Waals surface area contributed by atoms with Crippen molar-refractivity contribution in [1.82, 2.24) is 0 Å². The number of hydrogen-bond acceptors (Lipinski definition) is 2. The van der Waals surface area contributed by atoms with Gasteiger partial charge in [-0.15, -0.1) is 31.1 Å². The normalized spacial score (nSPS) is 9.21.